The molecular weight excluding hydrogens is 232 g/mol. The Morgan fingerprint density at radius 1 is 1.39 bits per heavy atom. The monoisotopic (exact) mass is 256 g/mol. The van der Waals surface area contributed by atoms with Gasteiger partial charge in [-0.1, -0.05) is 20.3 Å². The normalized spacial score (nSPS) is 17.9. The Kier molecular flexibility index (Phi) is 4.99. The molecule has 0 bridgehead atoms. The number of carboxylic acids is 1. The van der Waals surface area contributed by atoms with E-state index >= 15 is 0 Å². The molecule has 0 saturated heterocycles. The van der Waals surface area contributed by atoms with Crippen LogP contribution in [0.3, 0.4) is 0 Å². The zero-order valence-corrected chi connectivity index (χ0v) is 11.5. The number of carboxylic acid groups (broad SMARTS) is 1. The lowest BCUT2D eigenvalue weighted by molar-refractivity contribution is -0.143. The van der Waals surface area contributed by atoms with E-state index in [1.165, 1.54) is 0 Å². The maximum Gasteiger partial charge on any atom is 0.317 e. The molecule has 1 aliphatic carbocycles. The van der Waals surface area contributed by atoms with Crippen LogP contribution in [0.2, 0.25) is 0 Å². The Hall–Kier alpha value is -1.26. The lowest BCUT2D eigenvalue weighted by Gasteiger charge is -2.25. The Morgan fingerprint density at radius 2 is 2.00 bits per heavy atom. The van der Waals surface area contributed by atoms with E-state index in [4.69, 9.17) is 5.11 Å². The highest BCUT2D eigenvalue weighted by Gasteiger charge is 2.50. The number of rotatable bonds is 7. The summed E-state index contributed by atoms with van der Waals surface area (Å²) in [6.45, 7) is 7.76. The number of hydrogen-bond donors (Lipinski definition) is 2. The average molecular weight is 256 g/mol. The number of nitrogens with zero attached hydrogens (tertiary/aromatic N) is 1. The third kappa shape index (κ3) is 3.62. The molecule has 0 heterocycles. The molecule has 0 aliphatic heterocycles. The zero-order valence-electron chi connectivity index (χ0n) is 11.5. The van der Waals surface area contributed by atoms with Crippen molar-refractivity contribution < 1.29 is 14.7 Å². The fourth-order valence-electron chi connectivity index (χ4n) is 1.83. The minimum Gasteiger partial charge on any atom is -0.481 e. The molecule has 1 atom stereocenters. The van der Waals surface area contributed by atoms with Gasteiger partial charge in [0.25, 0.3) is 0 Å². The van der Waals surface area contributed by atoms with Gasteiger partial charge in [-0.25, -0.2) is 4.79 Å². The first kappa shape index (κ1) is 14.8. The summed E-state index contributed by atoms with van der Waals surface area (Å²) < 4.78 is 0. The van der Waals surface area contributed by atoms with Crippen LogP contribution in [-0.4, -0.2) is 41.6 Å². The molecule has 1 rings (SSSR count). The maximum absolute atomic E-state index is 11.9. The topological polar surface area (TPSA) is 69.6 Å². The molecule has 5 nitrogen and oxygen atoms in total. The second-order valence-corrected chi connectivity index (χ2v) is 5.30. The first-order valence-electron chi connectivity index (χ1n) is 6.71. The molecule has 1 saturated carbocycles. The summed E-state index contributed by atoms with van der Waals surface area (Å²) in [7, 11) is 0. The number of carbonyl (C=O) groups excluding carboxylic acids is 1. The summed E-state index contributed by atoms with van der Waals surface area (Å²) in [5, 5.41) is 11.8. The quantitative estimate of drug-likeness (QED) is 0.731. The Balaban J connectivity index is 2.41. The second-order valence-electron chi connectivity index (χ2n) is 5.30. The predicted octanol–water partition coefficient (Wildman–Crippen LogP) is 1.93. The summed E-state index contributed by atoms with van der Waals surface area (Å²) in [5.41, 5.74) is -0.689. The van der Waals surface area contributed by atoms with Gasteiger partial charge < -0.3 is 15.3 Å². The van der Waals surface area contributed by atoms with E-state index in [0.717, 1.165) is 13.0 Å². The molecule has 1 unspecified atom stereocenters. The van der Waals surface area contributed by atoms with Crippen molar-refractivity contribution in [3.8, 4) is 0 Å². The van der Waals surface area contributed by atoms with Crippen molar-refractivity contribution in [1.29, 1.82) is 0 Å². The van der Waals surface area contributed by atoms with Crippen molar-refractivity contribution in [1.82, 2.24) is 10.2 Å². The molecule has 1 aliphatic rings. The smallest absolute Gasteiger partial charge is 0.317 e. The van der Waals surface area contributed by atoms with Crippen molar-refractivity contribution in [2.24, 2.45) is 11.3 Å². The van der Waals surface area contributed by atoms with Crippen LogP contribution in [0.5, 0.6) is 0 Å². The molecule has 2 amide bonds. The van der Waals surface area contributed by atoms with Crippen molar-refractivity contribution in [2.75, 3.05) is 19.6 Å². The highest BCUT2D eigenvalue weighted by atomic mass is 16.4. The summed E-state index contributed by atoms with van der Waals surface area (Å²) in [5.74, 6) is -0.335. The van der Waals surface area contributed by atoms with Gasteiger partial charge in [0.1, 0.15) is 0 Å². The van der Waals surface area contributed by atoms with Crippen LogP contribution in [-0.2, 0) is 4.79 Å². The van der Waals surface area contributed by atoms with Gasteiger partial charge in [0.15, 0.2) is 0 Å². The van der Waals surface area contributed by atoms with Crippen molar-refractivity contribution in [3.63, 3.8) is 0 Å². The lowest BCUT2D eigenvalue weighted by Crippen LogP contribution is -2.45. The van der Waals surface area contributed by atoms with Crippen molar-refractivity contribution in [2.45, 2.75) is 40.0 Å². The van der Waals surface area contributed by atoms with E-state index in [0.29, 0.717) is 25.3 Å². The van der Waals surface area contributed by atoms with E-state index in [1.807, 2.05) is 6.92 Å². The Labute approximate surface area is 109 Å². The summed E-state index contributed by atoms with van der Waals surface area (Å²) in [6.07, 6.45) is 2.36. The first-order valence-corrected chi connectivity index (χ1v) is 6.71. The highest BCUT2D eigenvalue weighted by molar-refractivity contribution is 5.80. The van der Waals surface area contributed by atoms with Crippen LogP contribution >= 0.6 is 0 Å². The Morgan fingerprint density at radius 3 is 2.39 bits per heavy atom. The van der Waals surface area contributed by atoms with E-state index in [-0.39, 0.29) is 12.6 Å². The predicted molar refractivity (Wildman–Crippen MR) is 69.4 cm³/mol. The van der Waals surface area contributed by atoms with Gasteiger partial charge in [-0.05, 0) is 25.7 Å². The van der Waals surface area contributed by atoms with Gasteiger partial charge >= 0.3 is 12.0 Å². The van der Waals surface area contributed by atoms with E-state index in [2.05, 4.69) is 19.2 Å². The van der Waals surface area contributed by atoms with Gasteiger partial charge in [0.2, 0.25) is 0 Å². The fraction of sp³-hybridized carbons (Fsp3) is 0.846. The number of hydrogen-bond acceptors (Lipinski definition) is 2. The number of aliphatic carboxylic acids is 1. The van der Waals surface area contributed by atoms with Crippen LogP contribution in [0.1, 0.15) is 40.0 Å². The first-order chi connectivity index (χ1) is 8.45. The van der Waals surface area contributed by atoms with Gasteiger partial charge in [-0.15, -0.1) is 0 Å². The SMILES string of the molecule is CCC(C)CN(CC)C(=O)NCC1(C(=O)O)CC1. The Bertz CT molecular complexity index is 313. The fourth-order valence-corrected chi connectivity index (χ4v) is 1.83. The van der Waals surface area contributed by atoms with Gasteiger partial charge in [-0.2, -0.15) is 0 Å². The van der Waals surface area contributed by atoms with Gasteiger partial charge in [0, 0.05) is 19.6 Å². The van der Waals surface area contributed by atoms with Gasteiger partial charge in [-0.3, -0.25) is 4.79 Å². The molecule has 0 radical (unpaired) electrons. The van der Waals surface area contributed by atoms with Crippen LogP contribution in [0, 0.1) is 11.3 Å². The van der Waals surface area contributed by atoms with Crippen LogP contribution in [0.4, 0.5) is 4.79 Å². The molecule has 1 fully saturated rings. The molecule has 2 N–H and O–H groups in total. The molecule has 0 spiro atoms. The second kappa shape index (κ2) is 6.07. The van der Waals surface area contributed by atoms with Crippen LogP contribution in [0.25, 0.3) is 0 Å². The summed E-state index contributed by atoms with van der Waals surface area (Å²) >= 11 is 0. The number of amides is 2. The highest BCUT2D eigenvalue weighted by Crippen LogP contribution is 2.45. The van der Waals surface area contributed by atoms with Gasteiger partial charge in [0.05, 0.1) is 5.41 Å². The van der Waals surface area contributed by atoms with Crippen LogP contribution in [0.15, 0.2) is 0 Å². The minimum atomic E-state index is -0.798. The van der Waals surface area contributed by atoms with E-state index in [1.54, 1.807) is 4.90 Å². The van der Waals surface area contributed by atoms with E-state index < -0.39 is 11.4 Å². The largest absolute Gasteiger partial charge is 0.481 e. The molecule has 104 valence electrons. The molecule has 0 aromatic rings. The number of urea groups is 1. The lowest BCUT2D eigenvalue weighted by atomic mass is 10.1. The minimum absolute atomic E-state index is 0.148. The van der Waals surface area contributed by atoms with Crippen molar-refractivity contribution >= 4 is 12.0 Å². The molecule has 5 heteroatoms. The molecule has 0 aromatic carbocycles. The van der Waals surface area contributed by atoms with Crippen LogP contribution < -0.4 is 5.32 Å². The maximum atomic E-state index is 11.9. The molecule has 18 heavy (non-hydrogen) atoms. The zero-order chi connectivity index (χ0) is 13.8. The number of carbonyl (C=O) groups is 2. The third-order valence-corrected chi connectivity index (χ3v) is 3.78. The average Bonchev–Trinajstić information content (AvgIpc) is 3.13. The number of nitrogens with one attached hydrogen (secondary N) is 1. The summed E-state index contributed by atoms with van der Waals surface area (Å²) in [6, 6.07) is -0.148. The molecular formula is C13H24N2O3. The molecule has 0 aromatic heterocycles. The third-order valence-electron chi connectivity index (χ3n) is 3.78. The standard InChI is InChI=1S/C13H24N2O3/c1-4-10(3)8-15(5-2)12(18)14-9-13(6-7-13)11(16)17/h10H,4-9H2,1-3H3,(H,14,18)(H,16,17). The van der Waals surface area contributed by atoms with E-state index in [9.17, 15) is 9.59 Å². The van der Waals surface area contributed by atoms with Crippen molar-refractivity contribution in [3.05, 3.63) is 0 Å². The summed E-state index contributed by atoms with van der Waals surface area (Å²) in [4.78, 5) is 24.7.